The number of carbonyl (C=O) groups is 2. The molecule has 2 heterocycles. The number of alkyl halides is 3. The summed E-state index contributed by atoms with van der Waals surface area (Å²) in [6.07, 6.45) is -2.35. The first-order chi connectivity index (χ1) is 18.4. The largest absolute Gasteiger partial charge is 0.573 e. The molecule has 1 saturated heterocycles. The van der Waals surface area contributed by atoms with E-state index in [-0.39, 0.29) is 18.2 Å². The summed E-state index contributed by atoms with van der Waals surface area (Å²) in [7, 11) is 0. The highest BCUT2D eigenvalue weighted by molar-refractivity contribution is 6.41. The van der Waals surface area contributed by atoms with Crippen molar-refractivity contribution in [1.29, 1.82) is 5.26 Å². The topological polar surface area (TPSA) is 102 Å². The van der Waals surface area contributed by atoms with E-state index in [1.165, 1.54) is 17.0 Å². The number of nitrogens with zero attached hydrogens (tertiary/aromatic N) is 4. The van der Waals surface area contributed by atoms with Crippen LogP contribution in [0.3, 0.4) is 0 Å². The number of imidazole rings is 1. The third kappa shape index (κ3) is 6.57. The van der Waals surface area contributed by atoms with E-state index in [1.54, 1.807) is 42.3 Å². The Bertz CT molecular complexity index is 1380. The minimum atomic E-state index is -4.89. The van der Waals surface area contributed by atoms with Crippen LogP contribution < -0.4 is 9.64 Å². The van der Waals surface area contributed by atoms with Gasteiger partial charge >= 0.3 is 18.2 Å². The number of amides is 2. The molecule has 1 fully saturated rings. The van der Waals surface area contributed by atoms with Crippen molar-refractivity contribution < 1.29 is 27.5 Å². The maximum absolute atomic E-state index is 13.8. The lowest BCUT2D eigenvalue weighted by atomic mass is 9.93. The molecule has 11 heteroatoms. The number of nitriles is 1. The third-order valence-electron chi connectivity index (χ3n) is 6.49. The van der Waals surface area contributed by atoms with E-state index in [9.17, 15) is 22.8 Å². The number of hydrogen-bond donors (Lipinski definition) is 1. The molecule has 0 radical (unpaired) electrons. The normalized spacial score (nSPS) is 16.9. The Morgan fingerprint density at radius 3 is 2.46 bits per heavy atom. The number of hydrogen-bond acceptors (Lipinski definition) is 5. The molecular formula is C28H28F3N5O3. The standard InChI is InChI=1S/C28H28F3N5O3/c1-17(2)11-22-16-35(21-5-4-6-23(13-21)39-28(29,30)31)26(37)27(38)36(22)25(24-15-33-18(3)34-24)12-19-7-9-20(14-32)10-8-19/h4-10,13,15,17,22,25H,11-12,16H2,1-3H3,(H,33,34)/t22-,25?/m0/s1. The molecule has 0 aliphatic carbocycles. The van der Waals surface area contributed by atoms with Gasteiger partial charge in [-0.1, -0.05) is 32.0 Å². The van der Waals surface area contributed by atoms with Gasteiger partial charge in [-0.25, -0.2) is 4.98 Å². The van der Waals surface area contributed by atoms with Gasteiger partial charge in [0.15, 0.2) is 0 Å². The molecule has 1 aliphatic heterocycles. The second-order valence-electron chi connectivity index (χ2n) is 9.91. The smallest absolute Gasteiger partial charge is 0.406 e. The number of H-pyrrole nitrogens is 1. The molecule has 0 bridgehead atoms. The third-order valence-corrected chi connectivity index (χ3v) is 6.49. The number of rotatable bonds is 8. The zero-order valence-corrected chi connectivity index (χ0v) is 21.7. The summed E-state index contributed by atoms with van der Waals surface area (Å²) < 4.78 is 42.4. The monoisotopic (exact) mass is 539 g/mol. The number of carbonyl (C=O) groups excluding carboxylic acids is 2. The van der Waals surface area contributed by atoms with Gasteiger partial charge in [0.1, 0.15) is 11.6 Å². The van der Waals surface area contributed by atoms with E-state index in [0.717, 1.165) is 17.7 Å². The summed E-state index contributed by atoms with van der Waals surface area (Å²) in [6.45, 7) is 5.87. The van der Waals surface area contributed by atoms with Gasteiger partial charge in [-0.3, -0.25) is 9.59 Å². The lowest BCUT2D eigenvalue weighted by molar-refractivity contribution is -0.274. The number of nitrogens with one attached hydrogen (secondary N) is 1. The quantitative estimate of drug-likeness (QED) is 0.403. The van der Waals surface area contributed by atoms with Crippen molar-refractivity contribution in [3.8, 4) is 11.8 Å². The number of anilines is 1. The van der Waals surface area contributed by atoms with Gasteiger partial charge < -0.3 is 19.5 Å². The summed E-state index contributed by atoms with van der Waals surface area (Å²) in [5.74, 6) is -1.29. The molecule has 2 aromatic carbocycles. The fourth-order valence-electron chi connectivity index (χ4n) is 4.88. The van der Waals surface area contributed by atoms with Crippen LogP contribution in [0.4, 0.5) is 18.9 Å². The Kier molecular flexibility index (Phi) is 7.95. The second-order valence-corrected chi connectivity index (χ2v) is 9.91. The van der Waals surface area contributed by atoms with Crippen molar-refractivity contribution in [3.05, 3.63) is 77.4 Å². The van der Waals surface area contributed by atoms with Gasteiger partial charge in [0.25, 0.3) is 0 Å². The van der Waals surface area contributed by atoms with Crippen LogP contribution in [0.5, 0.6) is 5.75 Å². The summed E-state index contributed by atoms with van der Waals surface area (Å²) in [4.78, 5) is 37.5. The molecule has 1 N–H and O–H groups in total. The lowest BCUT2D eigenvalue weighted by Crippen LogP contribution is -2.61. The van der Waals surface area contributed by atoms with Gasteiger partial charge in [-0.15, -0.1) is 13.2 Å². The lowest BCUT2D eigenvalue weighted by Gasteiger charge is -2.45. The Morgan fingerprint density at radius 2 is 1.87 bits per heavy atom. The van der Waals surface area contributed by atoms with E-state index in [4.69, 9.17) is 5.26 Å². The first-order valence-corrected chi connectivity index (χ1v) is 12.5. The highest BCUT2D eigenvalue weighted by Crippen LogP contribution is 2.34. The highest BCUT2D eigenvalue weighted by Gasteiger charge is 2.44. The maximum Gasteiger partial charge on any atom is 0.573 e. The Hall–Kier alpha value is -4.33. The molecule has 3 aromatic rings. The minimum absolute atomic E-state index is 0.0925. The van der Waals surface area contributed by atoms with E-state index >= 15 is 0 Å². The van der Waals surface area contributed by atoms with Crippen molar-refractivity contribution in [2.75, 3.05) is 11.4 Å². The molecule has 8 nitrogen and oxygen atoms in total. The van der Waals surface area contributed by atoms with E-state index in [1.807, 2.05) is 13.8 Å². The van der Waals surface area contributed by atoms with E-state index in [2.05, 4.69) is 20.8 Å². The van der Waals surface area contributed by atoms with Crippen molar-refractivity contribution in [2.45, 2.75) is 52.1 Å². The predicted octanol–water partition coefficient (Wildman–Crippen LogP) is 5.06. The molecule has 0 saturated carbocycles. The highest BCUT2D eigenvalue weighted by atomic mass is 19.4. The van der Waals surface area contributed by atoms with Gasteiger partial charge in [0.2, 0.25) is 0 Å². The first kappa shape index (κ1) is 27.7. The van der Waals surface area contributed by atoms with Crippen LogP contribution in [0.1, 0.15) is 49.0 Å². The predicted molar refractivity (Wildman–Crippen MR) is 136 cm³/mol. The molecule has 1 aliphatic rings. The van der Waals surface area contributed by atoms with Crippen molar-refractivity contribution in [2.24, 2.45) is 5.92 Å². The second kappa shape index (κ2) is 11.2. The zero-order valence-electron chi connectivity index (χ0n) is 21.7. The average Bonchev–Trinajstić information content (AvgIpc) is 3.30. The number of halogens is 3. The summed E-state index contributed by atoms with van der Waals surface area (Å²) in [5, 5.41) is 9.15. The number of aryl methyl sites for hydroxylation is 1. The molecule has 0 spiro atoms. The van der Waals surface area contributed by atoms with Gasteiger partial charge in [-0.05, 0) is 55.5 Å². The fourth-order valence-corrected chi connectivity index (χ4v) is 4.88. The van der Waals surface area contributed by atoms with E-state index in [0.29, 0.717) is 29.9 Å². The van der Waals surface area contributed by atoms with Crippen LogP contribution in [0, 0.1) is 24.2 Å². The van der Waals surface area contributed by atoms with Crippen molar-refractivity contribution in [1.82, 2.24) is 14.9 Å². The van der Waals surface area contributed by atoms with Crippen LogP contribution >= 0.6 is 0 Å². The molecule has 1 unspecified atom stereocenters. The molecule has 1 aromatic heterocycles. The molecule has 204 valence electrons. The summed E-state index contributed by atoms with van der Waals surface area (Å²) in [5.41, 5.74) is 2.15. The Morgan fingerprint density at radius 1 is 1.15 bits per heavy atom. The molecular weight excluding hydrogens is 511 g/mol. The van der Waals surface area contributed by atoms with E-state index < -0.39 is 36.0 Å². The zero-order chi connectivity index (χ0) is 28.3. The van der Waals surface area contributed by atoms with Crippen LogP contribution in [-0.4, -0.2) is 45.6 Å². The van der Waals surface area contributed by atoms with Crippen LogP contribution in [0.2, 0.25) is 0 Å². The minimum Gasteiger partial charge on any atom is -0.406 e. The number of benzene rings is 2. The fraction of sp³-hybridized carbons (Fsp3) is 0.357. The molecule has 4 rings (SSSR count). The molecule has 2 atom stereocenters. The molecule has 39 heavy (non-hydrogen) atoms. The van der Waals surface area contributed by atoms with Crippen molar-refractivity contribution >= 4 is 17.5 Å². The maximum atomic E-state index is 13.8. The summed E-state index contributed by atoms with van der Waals surface area (Å²) in [6, 6.07) is 13.1. The van der Waals surface area contributed by atoms with Crippen LogP contribution in [0.25, 0.3) is 0 Å². The van der Waals surface area contributed by atoms with Gasteiger partial charge in [-0.2, -0.15) is 5.26 Å². The molecule has 2 amide bonds. The van der Waals surface area contributed by atoms with Gasteiger partial charge in [0, 0.05) is 18.3 Å². The number of piperazine rings is 1. The Labute approximate surface area is 224 Å². The average molecular weight is 540 g/mol. The summed E-state index contributed by atoms with van der Waals surface area (Å²) >= 11 is 0. The van der Waals surface area contributed by atoms with Gasteiger partial charge in [0.05, 0.1) is 35.6 Å². The number of ether oxygens (including phenoxy) is 1. The number of aromatic nitrogens is 2. The van der Waals surface area contributed by atoms with Crippen LogP contribution in [0.15, 0.2) is 54.7 Å². The number of aromatic amines is 1. The SMILES string of the molecule is Cc1ncc(C(Cc2ccc(C#N)cc2)N2C(=O)C(=O)N(c3cccc(OC(F)(F)F)c3)C[C@@H]2CC(C)C)[nH]1. The first-order valence-electron chi connectivity index (χ1n) is 12.5. The Balaban J connectivity index is 1.71. The van der Waals surface area contributed by atoms with Crippen LogP contribution in [-0.2, 0) is 16.0 Å². The van der Waals surface area contributed by atoms with Crippen molar-refractivity contribution in [3.63, 3.8) is 0 Å².